The molecule has 3 aromatic heterocycles. The van der Waals surface area contributed by atoms with Crippen molar-refractivity contribution in [2.45, 2.75) is 45.3 Å². The molecule has 1 atom stereocenters. The Balaban J connectivity index is 1.56. The Morgan fingerprint density at radius 3 is 2.86 bits per heavy atom. The smallest absolute Gasteiger partial charge is 0.174 e. The predicted octanol–water partition coefficient (Wildman–Crippen LogP) is 2.99. The second kappa shape index (κ2) is 9.38. The summed E-state index contributed by atoms with van der Waals surface area (Å²) in [5, 5.41) is 17.2. The lowest BCUT2D eigenvalue weighted by molar-refractivity contribution is 0.473. The second-order valence-corrected chi connectivity index (χ2v) is 7.08. The summed E-state index contributed by atoms with van der Waals surface area (Å²) in [5.74, 6) is 0.809. The average molecular weight is 390 g/mol. The van der Waals surface area contributed by atoms with Gasteiger partial charge in [-0.3, -0.25) is 4.98 Å². The largest absolute Gasteiger partial charge is 0.337 e. The molecule has 1 N–H and O–H groups in total. The molecular formula is C21H26N8. The van der Waals surface area contributed by atoms with Gasteiger partial charge in [-0.1, -0.05) is 37.6 Å². The standard InChI is InChI=1S/C21H26N8/c1-2-3-14-29-21(25-26-27-29)20(23-11-6-13-28-15-12-22-16-28)19-10-9-17-7-4-5-8-18(17)24-19/h4-5,7-10,12,15-16,20,23H,2-3,6,11,13-14H2,1H3. The number of tetrazole rings is 1. The van der Waals surface area contributed by atoms with Crippen LogP contribution in [0.2, 0.25) is 0 Å². The topological polar surface area (TPSA) is 86.3 Å². The summed E-state index contributed by atoms with van der Waals surface area (Å²) in [6.07, 6.45) is 8.72. The van der Waals surface area contributed by atoms with Crippen LogP contribution < -0.4 is 5.32 Å². The Morgan fingerprint density at radius 1 is 1.07 bits per heavy atom. The molecule has 8 heteroatoms. The summed E-state index contributed by atoms with van der Waals surface area (Å²) in [6.45, 7) is 4.70. The first-order chi connectivity index (χ1) is 14.3. The third-order valence-corrected chi connectivity index (χ3v) is 4.96. The van der Waals surface area contributed by atoms with Crippen molar-refractivity contribution in [1.29, 1.82) is 0 Å². The zero-order chi connectivity index (χ0) is 19.9. The Bertz CT molecular complexity index is 1020. The fraction of sp³-hybridized carbons (Fsp3) is 0.381. The van der Waals surface area contributed by atoms with E-state index in [9.17, 15) is 0 Å². The lowest BCUT2D eigenvalue weighted by Crippen LogP contribution is -2.28. The van der Waals surface area contributed by atoms with E-state index in [2.05, 4.69) is 55.5 Å². The Hall–Kier alpha value is -3.13. The van der Waals surface area contributed by atoms with Gasteiger partial charge in [0.05, 0.1) is 17.5 Å². The molecule has 0 saturated carbocycles. The number of unbranched alkanes of at least 4 members (excludes halogenated alkanes) is 1. The zero-order valence-electron chi connectivity index (χ0n) is 16.6. The third kappa shape index (κ3) is 4.65. The average Bonchev–Trinajstić information content (AvgIpc) is 3.44. The Labute approximate surface area is 170 Å². The number of imidazole rings is 1. The number of hydrogen-bond acceptors (Lipinski definition) is 6. The minimum Gasteiger partial charge on any atom is -0.337 e. The number of pyridine rings is 1. The van der Waals surface area contributed by atoms with Gasteiger partial charge in [-0.15, -0.1) is 5.10 Å². The number of nitrogens with zero attached hydrogens (tertiary/aromatic N) is 7. The molecule has 0 aliphatic carbocycles. The second-order valence-electron chi connectivity index (χ2n) is 7.08. The number of aryl methyl sites for hydroxylation is 2. The highest BCUT2D eigenvalue weighted by molar-refractivity contribution is 5.78. The maximum absolute atomic E-state index is 4.89. The van der Waals surface area contributed by atoms with E-state index in [1.807, 2.05) is 35.4 Å². The van der Waals surface area contributed by atoms with Crippen LogP contribution in [0.1, 0.15) is 43.7 Å². The van der Waals surface area contributed by atoms with Crippen molar-refractivity contribution in [3.63, 3.8) is 0 Å². The molecule has 0 aliphatic heterocycles. The first-order valence-electron chi connectivity index (χ1n) is 10.2. The molecule has 3 heterocycles. The van der Waals surface area contributed by atoms with Crippen molar-refractivity contribution in [3.05, 3.63) is 66.6 Å². The molecule has 0 amide bonds. The van der Waals surface area contributed by atoms with Crippen LogP contribution in [-0.4, -0.2) is 41.3 Å². The minimum atomic E-state index is -0.158. The van der Waals surface area contributed by atoms with E-state index >= 15 is 0 Å². The molecule has 0 fully saturated rings. The third-order valence-electron chi connectivity index (χ3n) is 4.96. The van der Waals surface area contributed by atoms with Crippen LogP contribution in [-0.2, 0) is 13.1 Å². The number of benzene rings is 1. The van der Waals surface area contributed by atoms with E-state index in [-0.39, 0.29) is 6.04 Å². The van der Waals surface area contributed by atoms with Gasteiger partial charge < -0.3 is 9.88 Å². The lowest BCUT2D eigenvalue weighted by atomic mass is 10.1. The summed E-state index contributed by atoms with van der Waals surface area (Å²) in [4.78, 5) is 8.99. The zero-order valence-corrected chi connectivity index (χ0v) is 16.6. The van der Waals surface area contributed by atoms with Crippen molar-refractivity contribution in [3.8, 4) is 0 Å². The SMILES string of the molecule is CCCCn1nnnc1C(NCCCn1ccnc1)c1ccc2ccccc2n1. The van der Waals surface area contributed by atoms with E-state index in [0.717, 1.165) is 61.3 Å². The number of para-hydroxylation sites is 1. The molecule has 1 unspecified atom stereocenters. The normalized spacial score (nSPS) is 12.4. The van der Waals surface area contributed by atoms with Gasteiger partial charge in [0, 0.05) is 30.9 Å². The van der Waals surface area contributed by atoms with Gasteiger partial charge in [0.1, 0.15) is 6.04 Å². The van der Waals surface area contributed by atoms with Crippen LogP contribution >= 0.6 is 0 Å². The van der Waals surface area contributed by atoms with Gasteiger partial charge in [-0.05, 0) is 41.9 Å². The number of nitrogens with one attached hydrogen (secondary N) is 1. The Kier molecular flexibility index (Phi) is 6.21. The van der Waals surface area contributed by atoms with Crippen molar-refractivity contribution < 1.29 is 0 Å². The summed E-state index contributed by atoms with van der Waals surface area (Å²) >= 11 is 0. The van der Waals surface area contributed by atoms with E-state index in [1.165, 1.54) is 0 Å². The predicted molar refractivity (Wildman–Crippen MR) is 111 cm³/mol. The summed E-state index contributed by atoms with van der Waals surface area (Å²) in [7, 11) is 0. The van der Waals surface area contributed by atoms with Crippen LogP contribution in [0.5, 0.6) is 0 Å². The van der Waals surface area contributed by atoms with Crippen molar-refractivity contribution in [2.24, 2.45) is 0 Å². The van der Waals surface area contributed by atoms with Crippen LogP contribution in [0, 0.1) is 0 Å². The molecule has 29 heavy (non-hydrogen) atoms. The van der Waals surface area contributed by atoms with Crippen molar-refractivity contribution in [2.75, 3.05) is 6.54 Å². The first kappa shape index (κ1) is 19.2. The summed E-state index contributed by atoms with van der Waals surface area (Å²) in [6, 6.07) is 12.2. The van der Waals surface area contributed by atoms with Gasteiger partial charge in [-0.25, -0.2) is 9.67 Å². The van der Waals surface area contributed by atoms with Crippen LogP contribution in [0.4, 0.5) is 0 Å². The molecule has 8 nitrogen and oxygen atoms in total. The van der Waals surface area contributed by atoms with Crippen LogP contribution in [0.3, 0.4) is 0 Å². The lowest BCUT2D eigenvalue weighted by Gasteiger charge is -2.18. The molecule has 0 aliphatic rings. The number of rotatable bonds is 10. The number of fused-ring (bicyclic) bond motifs is 1. The van der Waals surface area contributed by atoms with Crippen molar-refractivity contribution >= 4 is 10.9 Å². The van der Waals surface area contributed by atoms with Gasteiger partial charge in [0.2, 0.25) is 0 Å². The fourth-order valence-corrected chi connectivity index (χ4v) is 3.38. The van der Waals surface area contributed by atoms with Crippen LogP contribution in [0.15, 0.2) is 55.1 Å². The van der Waals surface area contributed by atoms with Crippen LogP contribution in [0.25, 0.3) is 10.9 Å². The molecule has 4 rings (SSSR count). The van der Waals surface area contributed by atoms with Gasteiger partial charge in [0.15, 0.2) is 5.82 Å². The van der Waals surface area contributed by atoms with E-state index < -0.39 is 0 Å². The maximum atomic E-state index is 4.89. The fourth-order valence-electron chi connectivity index (χ4n) is 3.38. The van der Waals surface area contributed by atoms with E-state index in [1.54, 1.807) is 6.20 Å². The van der Waals surface area contributed by atoms with E-state index in [0.29, 0.717) is 0 Å². The van der Waals surface area contributed by atoms with Crippen molar-refractivity contribution in [1.82, 2.24) is 40.1 Å². The molecule has 1 aromatic carbocycles. The van der Waals surface area contributed by atoms with Gasteiger partial charge in [-0.2, -0.15) is 0 Å². The molecule has 0 bridgehead atoms. The minimum absolute atomic E-state index is 0.158. The molecule has 0 saturated heterocycles. The summed E-state index contributed by atoms with van der Waals surface area (Å²) < 4.78 is 3.98. The highest BCUT2D eigenvalue weighted by atomic mass is 15.5. The van der Waals surface area contributed by atoms with Gasteiger partial charge in [0.25, 0.3) is 0 Å². The number of aromatic nitrogens is 7. The first-order valence-corrected chi connectivity index (χ1v) is 10.2. The monoisotopic (exact) mass is 390 g/mol. The summed E-state index contributed by atoms with van der Waals surface area (Å²) in [5.41, 5.74) is 1.90. The Morgan fingerprint density at radius 2 is 2.00 bits per heavy atom. The molecule has 150 valence electrons. The number of hydrogen-bond donors (Lipinski definition) is 1. The maximum Gasteiger partial charge on any atom is 0.174 e. The quantitative estimate of drug-likeness (QED) is 0.419. The molecule has 0 radical (unpaired) electrons. The highest BCUT2D eigenvalue weighted by Gasteiger charge is 2.22. The molecular weight excluding hydrogens is 364 g/mol. The molecule has 4 aromatic rings. The molecule has 0 spiro atoms. The highest BCUT2D eigenvalue weighted by Crippen LogP contribution is 2.21. The van der Waals surface area contributed by atoms with Gasteiger partial charge >= 0.3 is 0 Å². The van der Waals surface area contributed by atoms with E-state index in [4.69, 9.17) is 4.98 Å².